The first-order valence-corrected chi connectivity index (χ1v) is 8.51. The number of carbonyl (C=O) groups is 1. The Labute approximate surface area is 163 Å². The van der Waals surface area contributed by atoms with Gasteiger partial charge in [-0.05, 0) is 24.3 Å². The van der Waals surface area contributed by atoms with Crippen molar-refractivity contribution in [1.82, 2.24) is 0 Å². The van der Waals surface area contributed by atoms with E-state index < -0.39 is 22.9 Å². The van der Waals surface area contributed by atoms with Crippen molar-refractivity contribution in [2.45, 2.75) is 6.36 Å². The van der Waals surface area contributed by atoms with Crippen LogP contribution in [-0.4, -0.2) is 43.5 Å². The lowest BCUT2D eigenvalue weighted by Crippen LogP contribution is -2.36. The minimum absolute atomic E-state index is 0.00384. The van der Waals surface area contributed by atoms with Gasteiger partial charge in [0.2, 0.25) is 0 Å². The van der Waals surface area contributed by atoms with Crippen molar-refractivity contribution >= 4 is 23.0 Å². The first-order valence-electron chi connectivity index (χ1n) is 8.51. The van der Waals surface area contributed by atoms with Gasteiger partial charge in [-0.25, -0.2) is 0 Å². The second-order valence-corrected chi connectivity index (χ2v) is 6.09. The van der Waals surface area contributed by atoms with Crippen LogP contribution in [0.25, 0.3) is 0 Å². The zero-order valence-corrected chi connectivity index (χ0v) is 14.9. The van der Waals surface area contributed by atoms with Crippen molar-refractivity contribution in [3.8, 4) is 5.75 Å². The molecular formula is C18H16F3N3O5. The standard InChI is InChI=1S/C18H16F3N3O5/c19-18(20,21)29-14-3-1-2-13(11-14)22-17(25)12-4-5-15(16(10-12)24(26)27)23-6-8-28-9-7-23/h1-5,10-11H,6-9H2,(H,22,25). The lowest BCUT2D eigenvalue weighted by molar-refractivity contribution is -0.384. The topological polar surface area (TPSA) is 93.9 Å². The maximum absolute atomic E-state index is 12.4. The summed E-state index contributed by atoms with van der Waals surface area (Å²) in [5.41, 5.74) is 0.177. The van der Waals surface area contributed by atoms with E-state index in [1.807, 2.05) is 0 Å². The van der Waals surface area contributed by atoms with Gasteiger partial charge in [0.15, 0.2) is 0 Å². The second-order valence-electron chi connectivity index (χ2n) is 6.09. The number of nitrogens with zero attached hydrogens (tertiary/aromatic N) is 2. The van der Waals surface area contributed by atoms with E-state index in [4.69, 9.17) is 4.74 Å². The molecule has 1 aliphatic rings. The highest BCUT2D eigenvalue weighted by Gasteiger charge is 2.31. The smallest absolute Gasteiger partial charge is 0.406 e. The lowest BCUT2D eigenvalue weighted by atomic mass is 10.1. The molecule has 1 saturated heterocycles. The largest absolute Gasteiger partial charge is 0.573 e. The van der Waals surface area contributed by atoms with Crippen LogP contribution in [0.3, 0.4) is 0 Å². The summed E-state index contributed by atoms with van der Waals surface area (Å²) in [6.45, 7) is 1.85. The van der Waals surface area contributed by atoms with Crippen LogP contribution in [0.2, 0.25) is 0 Å². The number of rotatable bonds is 5. The first kappa shape index (κ1) is 20.4. The van der Waals surface area contributed by atoms with Crippen LogP contribution in [0, 0.1) is 10.1 Å². The highest BCUT2D eigenvalue weighted by Crippen LogP contribution is 2.30. The molecule has 1 heterocycles. The van der Waals surface area contributed by atoms with Crippen LogP contribution < -0.4 is 15.0 Å². The number of morpholine rings is 1. The maximum atomic E-state index is 12.4. The van der Waals surface area contributed by atoms with Gasteiger partial charge in [0.05, 0.1) is 18.1 Å². The molecule has 1 aliphatic heterocycles. The number of hydrogen-bond donors (Lipinski definition) is 1. The van der Waals surface area contributed by atoms with Crippen molar-refractivity contribution in [3.63, 3.8) is 0 Å². The summed E-state index contributed by atoms with van der Waals surface area (Å²) in [6.07, 6.45) is -4.86. The average molecular weight is 411 g/mol. The van der Waals surface area contributed by atoms with Gasteiger partial charge in [-0.3, -0.25) is 14.9 Å². The molecule has 0 unspecified atom stereocenters. The van der Waals surface area contributed by atoms with Crippen LogP contribution in [0.4, 0.5) is 30.2 Å². The molecular weight excluding hydrogens is 395 g/mol. The summed E-state index contributed by atoms with van der Waals surface area (Å²) in [5.74, 6) is -1.20. The molecule has 8 nitrogen and oxygen atoms in total. The third kappa shape index (κ3) is 5.35. The maximum Gasteiger partial charge on any atom is 0.573 e. The summed E-state index contributed by atoms with van der Waals surface area (Å²) in [4.78, 5) is 25.1. The van der Waals surface area contributed by atoms with Crippen molar-refractivity contribution in [2.24, 2.45) is 0 Å². The molecule has 1 N–H and O–H groups in total. The Morgan fingerprint density at radius 3 is 2.55 bits per heavy atom. The molecule has 3 rings (SSSR count). The summed E-state index contributed by atoms with van der Waals surface area (Å²) >= 11 is 0. The number of anilines is 2. The van der Waals surface area contributed by atoms with Gasteiger partial charge in [0, 0.05) is 36.5 Å². The lowest BCUT2D eigenvalue weighted by Gasteiger charge is -2.28. The highest BCUT2D eigenvalue weighted by atomic mass is 19.4. The number of alkyl halides is 3. The molecule has 0 atom stereocenters. The number of hydrogen-bond acceptors (Lipinski definition) is 6. The Morgan fingerprint density at radius 2 is 1.90 bits per heavy atom. The van der Waals surface area contributed by atoms with Gasteiger partial charge in [0.1, 0.15) is 11.4 Å². The zero-order valence-electron chi connectivity index (χ0n) is 14.9. The number of nitrogens with one attached hydrogen (secondary N) is 1. The summed E-state index contributed by atoms with van der Waals surface area (Å²) < 4.78 is 46.0. The number of carbonyl (C=O) groups excluding carboxylic acids is 1. The minimum atomic E-state index is -4.86. The molecule has 11 heteroatoms. The van der Waals surface area contributed by atoms with Crippen LogP contribution in [0.5, 0.6) is 5.75 Å². The number of nitro groups is 1. The van der Waals surface area contributed by atoms with E-state index in [-0.39, 0.29) is 16.9 Å². The van der Waals surface area contributed by atoms with E-state index >= 15 is 0 Å². The fourth-order valence-electron chi connectivity index (χ4n) is 2.86. The van der Waals surface area contributed by atoms with E-state index in [0.717, 1.165) is 18.2 Å². The normalized spacial score (nSPS) is 14.4. The van der Waals surface area contributed by atoms with Crippen molar-refractivity contribution in [3.05, 3.63) is 58.1 Å². The quantitative estimate of drug-likeness (QED) is 0.597. The van der Waals surface area contributed by atoms with E-state index in [1.165, 1.54) is 24.3 Å². The number of halogens is 3. The van der Waals surface area contributed by atoms with Gasteiger partial charge in [-0.15, -0.1) is 13.2 Å². The van der Waals surface area contributed by atoms with Gasteiger partial charge in [-0.1, -0.05) is 6.07 Å². The van der Waals surface area contributed by atoms with Crippen LogP contribution in [0.15, 0.2) is 42.5 Å². The molecule has 154 valence electrons. The monoisotopic (exact) mass is 411 g/mol. The minimum Gasteiger partial charge on any atom is -0.406 e. The highest BCUT2D eigenvalue weighted by molar-refractivity contribution is 6.05. The molecule has 1 fully saturated rings. The van der Waals surface area contributed by atoms with Gasteiger partial charge in [-0.2, -0.15) is 0 Å². The molecule has 2 aromatic rings. The van der Waals surface area contributed by atoms with Crippen LogP contribution >= 0.6 is 0 Å². The van der Waals surface area contributed by atoms with E-state index in [1.54, 1.807) is 4.90 Å². The molecule has 0 radical (unpaired) electrons. The van der Waals surface area contributed by atoms with Crippen molar-refractivity contribution < 1.29 is 32.4 Å². The molecule has 0 aliphatic carbocycles. The summed E-state index contributed by atoms with van der Waals surface area (Å²) in [6, 6.07) is 8.77. The fraction of sp³-hybridized carbons (Fsp3) is 0.278. The van der Waals surface area contributed by atoms with Crippen LogP contribution in [-0.2, 0) is 4.74 Å². The molecule has 0 saturated carbocycles. The Balaban J connectivity index is 1.80. The SMILES string of the molecule is O=C(Nc1cccc(OC(F)(F)F)c1)c1ccc(N2CCOCC2)c([N+](=O)[O-])c1. The van der Waals surface area contributed by atoms with E-state index in [9.17, 15) is 28.1 Å². The molecule has 1 amide bonds. The van der Waals surface area contributed by atoms with E-state index in [0.29, 0.717) is 32.0 Å². The molecule has 0 aromatic heterocycles. The average Bonchev–Trinajstić information content (AvgIpc) is 2.67. The van der Waals surface area contributed by atoms with Gasteiger partial charge < -0.3 is 19.7 Å². The number of ether oxygens (including phenoxy) is 2. The van der Waals surface area contributed by atoms with Crippen molar-refractivity contribution in [1.29, 1.82) is 0 Å². The Hall–Kier alpha value is -3.34. The predicted molar refractivity (Wildman–Crippen MR) is 97.2 cm³/mol. The van der Waals surface area contributed by atoms with Gasteiger partial charge >= 0.3 is 6.36 Å². The number of benzene rings is 2. The zero-order chi connectivity index (χ0) is 21.0. The Kier molecular flexibility index (Phi) is 5.87. The summed E-state index contributed by atoms with van der Waals surface area (Å²) in [5, 5.41) is 13.9. The Bertz CT molecular complexity index is 914. The molecule has 0 bridgehead atoms. The van der Waals surface area contributed by atoms with Crippen LogP contribution in [0.1, 0.15) is 10.4 Å². The second kappa shape index (κ2) is 8.35. The summed E-state index contributed by atoms with van der Waals surface area (Å²) in [7, 11) is 0. The van der Waals surface area contributed by atoms with Crippen molar-refractivity contribution in [2.75, 3.05) is 36.5 Å². The third-order valence-corrected chi connectivity index (χ3v) is 4.11. The number of amides is 1. The first-order chi connectivity index (χ1) is 13.7. The Morgan fingerprint density at radius 1 is 1.17 bits per heavy atom. The molecule has 29 heavy (non-hydrogen) atoms. The molecule has 0 spiro atoms. The predicted octanol–water partition coefficient (Wildman–Crippen LogP) is 3.58. The van der Waals surface area contributed by atoms with E-state index in [2.05, 4.69) is 10.1 Å². The molecule has 2 aromatic carbocycles. The van der Waals surface area contributed by atoms with Gasteiger partial charge in [0.25, 0.3) is 11.6 Å². The number of nitro benzene ring substituents is 1. The fourth-order valence-corrected chi connectivity index (χ4v) is 2.86. The third-order valence-electron chi connectivity index (χ3n) is 4.11.